The fraction of sp³-hybridized carbons (Fsp3) is 0.750. The second-order valence-corrected chi connectivity index (χ2v) is 21.7. The number of fused-ring (bicyclic) bond motifs is 2. The number of hydrogen-bond acceptors (Lipinski definition) is 11. The van der Waals surface area contributed by atoms with Gasteiger partial charge in [0.15, 0.2) is 22.8 Å². The van der Waals surface area contributed by atoms with Gasteiger partial charge in [-0.1, -0.05) is 67.2 Å². The Kier molecular flexibility index (Phi) is 8.35. The third-order valence-electron chi connectivity index (χ3n) is 7.66. The largest absolute Gasteiger partial charge is 0.414 e. The summed E-state index contributed by atoms with van der Waals surface area (Å²) in [6, 6.07) is 0. The van der Waals surface area contributed by atoms with Crippen LogP contribution in [0, 0.1) is 0 Å². The summed E-state index contributed by atoms with van der Waals surface area (Å²) in [6.07, 6.45) is 0.148. The maximum atomic E-state index is 12.5. The van der Waals surface area contributed by atoms with E-state index in [0.29, 0.717) is 17.8 Å². The van der Waals surface area contributed by atoms with Crippen LogP contribution in [-0.2, 0) is 22.5 Å². The highest BCUT2D eigenvalue weighted by Crippen LogP contribution is 2.50. The Morgan fingerprint density at radius 2 is 1.63 bits per heavy atom. The summed E-state index contributed by atoms with van der Waals surface area (Å²) in [4.78, 5) is 25.4. The van der Waals surface area contributed by atoms with Crippen molar-refractivity contribution in [3.63, 3.8) is 0 Å². The number of nitrogens with zero attached hydrogens (tertiary/aromatic N) is 4. The third-order valence-corrected chi connectivity index (χ3v) is 19.0. The first-order valence-electron chi connectivity index (χ1n) is 13.3. The molecular weight excluding hydrogens is 541 g/mol. The van der Waals surface area contributed by atoms with Crippen molar-refractivity contribution in [1.29, 1.82) is 0 Å². The SMILES string of the molecule is CC(=O)S[C@H]1[C@@H]2O[Si](C(C)C)(C(C)C)O[Si](C(C)C)(C(C)C)OC[C@H]2O[C@H]1n1cnc2c(N)nc(N)nc21. The van der Waals surface area contributed by atoms with E-state index in [1.54, 1.807) is 17.8 Å². The summed E-state index contributed by atoms with van der Waals surface area (Å²) in [5, 5.41) is -0.430. The van der Waals surface area contributed by atoms with Gasteiger partial charge in [0, 0.05) is 6.92 Å². The van der Waals surface area contributed by atoms with Gasteiger partial charge in [0.2, 0.25) is 5.95 Å². The van der Waals surface area contributed by atoms with E-state index in [1.165, 1.54) is 11.8 Å². The molecule has 4 atom stereocenters. The minimum absolute atomic E-state index is 0.0377. The molecule has 2 aromatic heterocycles. The molecule has 4 heterocycles. The van der Waals surface area contributed by atoms with Crippen molar-refractivity contribution in [1.82, 2.24) is 19.5 Å². The van der Waals surface area contributed by atoms with Crippen LogP contribution < -0.4 is 11.5 Å². The molecule has 2 fully saturated rings. The number of thioether (sulfide) groups is 1. The molecule has 0 amide bonds. The van der Waals surface area contributed by atoms with E-state index < -0.39 is 40.8 Å². The molecule has 2 aromatic rings. The van der Waals surface area contributed by atoms with Crippen LogP contribution in [0.5, 0.6) is 0 Å². The van der Waals surface area contributed by atoms with E-state index in [0.717, 1.165) is 0 Å². The quantitative estimate of drug-likeness (QED) is 0.464. The molecule has 2 aliphatic rings. The van der Waals surface area contributed by atoms with Crippen molar-refractivity contribution < 1.29 is 22.5 Å². The van der Waals surface area contributed by atoms with Crippen molar-refractivity contribution in [3.8, 4) is 0 Å². The standard InChI is InChI=1S/C24H42N6O5SSi2/c1-12(2)37(13(3)4)32-10-17-19(34-38(35-37,14(5)6)15(7)8)20(36-16(9)31)23(33-17)30-11-27-18-21(25)28-24(26)29-22(18)30/h11-15,17,19-20,23H,10H2,1-9H3,(H4,25,26,28,29)/t17-,19-,20+,23-/m1/s1. The highest BCUT2D eigenvalue weighted by molar-refractivity contribution is 8.14. The van der Waals surface area contributed by atoms with Gasteiger partial charge in [-0.3, -0.25) is 9.36 Å². The van der Waals surface area contributed by atoms with Crippen molar-refractivity contribution in [3.05, 3.63) is 6.33 Å². The summed E-state index contributed by atoms with van der Waals surface area (Å²) < 4.78 is 29.9. The van der Waals surface area contributed by atoms with Crippen molar-refractivity contribution in [2.45, 2.75) is 108 Å². The van der Waals surface area contributed by atoms with E-state index in [9.17, 15) is 4.79 Å². The number of imidazole rings is 1. The summed E-state index contributed by atoms with van der Waals surface area (Å²) in [5.41, 5.74) is 13.6. The average Bonchev–Trinajstić information content (AvgIpc) is 3.34. The zero-order valence-corrected chi connectivity index (χ0v) is 26.6. The minimum Gasteiger partial charge on any atom is -0.414 e. The van der Waals surface area contributed by atoms with Crippen LogP contribution in [0.3, 0.4) is 0 Å². The lowest BCUT2D eigenvalue weighted by Crippen LogP contribution is -2.65. The van der Waals surface area contributed by atoms with Gasteiger partial charge in [0.1, 0.15) is 11.6 Å². The number of carbonyl (C=O) groups excluding carboxylic acids is 1. The molecular formula is C24H42N6O5SSi2. The first-order chi connectivity index (χ1) is 17.7. The zero-order valence-electron chi connectivity index (χ0n) is 23.8. The number of ether oxygens (including phenoxy) is 1. The third kappa shape index (κ3) is 4.93. The van der Waals surface area contributed by atoms with E-state index in [-0.39, 0.29) is 39.0 Å². The van der Waals surface area contributed by atoms with E-state index in [4.69, 9.17) is 29.2 Å². The number of carbonyl (C=O) groups is 1. The number of anilines is 2. The Bertz CT molecular complexity index is 1160. The number of rotatable bonds is 6. The smallest absolute Gasteiger partial charge is 0.335 e. The van der Waals surface area contributed by atoms with Crippen LogP contribution in [0.25, 0.3) is 11.2 Å². The van der Waals surface area contributed by atoms with Crippen LogP contribution >= 0.6 is 11.8 Å². The van der Waals surface area contributed by atoms with Gasteiger partial charge < -0.3 is 29.2 Å². The lowest BCUT2D eigenvalue weighted by molar-refractivity contribution is -0.109. The number of nitrogen functional groups attached to an aromatic ring is 2. The molecule has 0 unspecified atom stereocenters. The van der Waals surface area contributed by atoms with Gasteiger partial charge in [0.25, 0.3) is 0 Å². The molecule has 0 aromatic carbocycles. The maximum Gasteiger partial charge on any atom is 0.335 e. The number of nitrogens with two attached hydrogens (primary N) is 2. The molecule has 2 aliphatic heterocycles. The van der Waals surface area contributed by atoms with Crippen LogP contribution in [0.4, 0.5) is 11.8 Å². The number of aromatic nitrogens is 4. The predicted octanol–water partition coefficient (Wildman–Crippen LogP) is 4.49. The zero-order chi connectivity index (χ0) is 28.2. The summed E-state index contributed by atoms with van der Waals surface area (Å²) >= 11 is 1.20. The predicted molar refractivity (Wildman–Crippen MR) is 154 cm³/mol. The summed E-state index contributed by atoms with van der Waals surface area (Å²) in [5.74, 6) is 0.231. The van der Waals surface area contributed by atoms with Crippen molar-refractivity contribution in [2.75, 3.05) is 18.1 Å². The lowest BCUT2D eigenvalue weighted by Gasteiger charge is -2.51. The van der Waals surface area contributed by atoms with Gasteiger partial charge in [-0.05, 0) is 22.2 Å². The molecule has 0 radical (unpaired) electrons. The summed E-state index contributed by atoms with van der Waals surface area (Å²) in [7, 11) is -5.64. The van der Waals surface area contributed by atoms with Gasteiger partial charge in [-0.2, -0.15) is 9.97 Å². The molecule has 0 aliphatic carbocycles. The first kappa shape index (κ1) is 29.4. The highest BCUT2D eigenvalue weighted by atomic mass is 32.2. The van der Waals surface area contributed by atoms with Crippen LogP contribution in [0.1, 0.15) is 68.5 Å². The Balaban J connectivity index is 1.86. The van der Waals surface area contributed by atoms with Crippen LogP contribution in [0.15, 0.2) is 6.33 Å². The topological polar surface area (TPSA) is 150 Å². The highest BCUT2D eigenvalue weighted by Gasteiger charge is 2.62. The fourth-order valence-corrected chi connectivity index (χ4v) is 18.2. The molecule has 14 heteroatoms. The molecule has 212 valence electrons. The molecule has 2 saturated heterocycles. The van der Waals surface area contributed by atoms with Gasteiger partial charge in [-0.25, -0.2) is 4.98 Å². The summed E-state index contributed by atoms with van der Waals surface area (Å²) in [6.45, 7) is 19.3. The Morgan fingerprint density at radius 1 is 1.03 bits per heavy atom. The maximum absolute atomic E-state index is 12.5. The first-order valence-corrected chi connectivity index (χ1v) is 18.2. The number of hydrogen-bond donors (Lipinski definition) is 2. The van der Waals surface area contributed by atoms with Gasteiger partial charge >= 0.3 is 17.1 Å². The molecule has 38 heavy (non-hydrogen) atoms. The molecule has 4 rings (SSSR count). The van der Waals surface area contributed by atoms with Gasteiger partial charge in [0.05, 0.1) is 24.3 Å². The van der Waals surface area contributed by atoms with Crippen molar-refractivity contribution >= 4 is 56.9 Å². The monoisotopic (exact) mass is 582 g/mol. The lowest BCUT2D eigenvalue weighted by atomic mass is 10.2. The minimum atomic E-state index is -2.90. The average molecular weight is 583 g/mol. The molecule has 11 nitrogen and oxygen atoms in total. The normalized spacial score (nSPS) is 27.3. The second kappa shape index (κ2) is 10.8. The molecule has 4 N–H and O–H groups in total. The van der Waals surface area contributed by atoms with E-state index in [1.807, 2.05) is 0 Å². The molecule has 0 spiro atoms. The second-order valence-electron chi connectivity index (χ2n) is 11.5. The molecule has 0 saturated carbocycles. The van der Waals surface area contributed by atoms with Gasteiger partial charge in [-0.15, -0.1) is 0 Å². The Labute approximate surface area is 231 Å². The van der Waals surface area contributed by atoms with E-state index >= 15 is 0 Å². The Morgan fingerprint density at radius 3 is 2.18 bits per heavy atom. The molecule has 0 bridgehead atoms. The van der Waals surface area contributed by atoms with Crippen LogP contribution in [-0.4, -0.2) is 65.8 Å². The van der Waals surface area contributed by atoms with E-state index in [2.05, 4.69) is 70.3 Å². The van der Waals surface area contributed by atoms with Crippen LogP contribution in [0.2, 0.25) is 22.2 Å². The van der Waals surface area contributed by atoms with Crippen molar-refractivity contribution in [2.24, 2.45) is 0 Å². The fourth-order valence-electron chi connectivity index (χ4n) is 5.81. The Hall–Kier alpha value is -1.56.